The zero-order valence-electron chi connectivity index (χ0n) is 15.7. The largest absolute Gasteiger partial charge is 0.339 e. The second-order valence-electron chi connectivity index (χ2n) is 7.20. The Morgan fingerprint density at radius 3 is 1.96 bits per heavy atom. The second-order valence-corrected chi connectivity index (χ2v) is 7.20. The molecule has 0 aliphatic heterocycles. The van der Waals surface area contributed by atoms with Crippen molar-refractivity contribution in [1.82, 2.24) is 10.2 Å². The van der Waals surface area contributed by atoms with Crippen LogP contribution < -0.4 is 16.0 Å². The fourth-order valence-corrected chi connectivity index (χ4v) is 2.47. The first-order valence-electron chi connectivity index (χ1n) is 8.74. The van der Waals surface area contributed by atoms with Gasteiger partial charge in [-0.15, -0.1) is 10.2 Å². The van der Waals surface area contributed by atoms with E-state index < -0.39 is 0 Å². The molecular weight excluding hydrogens is 338 g/mol. The maximum absolute atomic E-state index is 12.0. The van der Waals surface area contributed by atoms with E-state index in [0.717, 1.165) is 5.69 Å². The Bertz CT molecular complexity index is 885. The third kappa shape index (κ3) is 5.28. The standard InChI is InChI=1S/C21H23N5O/c1-21(2,3)15-9-11-17(12-10-15)22-18-13-14-19(26-25-18)24-20(27)23-16-7-5-4-6-8-16/h4-14H,1-3H3,(H,22,25)(H2,23,24,26,27). The Hall–Kier alpha value is -3.41. The van der Waals surface area contributed by atoms with Gasteiger partial charge in [-0.2, -0.15) is 0 Å². The van der Waals surface area contributed by atoms with E-state index in [1.54, 1.807) is 12.1 Å². The summed E-state index contributed by atoms with van der Waals surface area (Å²) in [5, 5.41) is 16.7. The van der Waals surface area contributed by atoms with E-state index in [4.69, 9.17) is 0 Å². The van der Waals surface area contributed by atoms with Gasteiger partial charge in [0.15, 0.2) is 11.6 Å². The van der Waals surface area contributed by atoms with Gasteiger partial charge in [0, 0.05) is 11.4 Å². The number of rotatable bonds is 4. The summed E-state index contributed by atoms with van der Waals surface area (Å²) in [6, 6.07) is 20.5. The van der Waals surface area contributed by atoms with E-state index in [1.165, 1.54) is 5.56 Å². The Kier molecular flexibility index (Phi) is 5.35. The Morgan fingerprint density at radius 2 is 1.37 bits per heavy atom. The van der Waals surface area contributed by atoms with Crippen molar-refractivity contribution in [2.75, 3.05) is 16.0 Å². The van der Waals surface area contributed by atoms with Gasteiger partial charge in [-0.1, -0.05) is 51.1 Å². The Morgan fingerprint density at radius 1 is 0.741 bits per heavy atom. The van der Waals surface area contributed by atoms with Crippen LogP contribution in [0.5, 0.6) is 0 Å². The monoisotopic (exact) mass is 361 g/mol. The minimum Gasteiger partial charge on any atom is -0.339 e. The number of nitrogens with zero attached hydrogens (tertiary/aromatic N) is 2. The van der Waals surface area contributed by atoms with Gasteiger partial charge in [-0.05, 0) is 47.4 Å². The molecule has 0 bridgehead atoms. The molecule has 0 saturated carbocycles. The third-order valence-electron chi connectivity index (χ3n) is 3.96. The summed E-state index contributed by atoms with van der Waals surface area (Å²) in [5.41, 5.74) is 3.02. The SMILES string of the molecule is CC(C)(C)c1ccc(Nc2ccc(NC(=O)Nc3ccccc3)nn2)cc1. The lowest BCUT2D eigenvalue weighted by Gasteiger charge is -2.19. The number of carbonyl (C=O) groups is 1. The molecule has 1 aromatic heterocycles. The van der Waals surface area contributed by atoms with E-state index in [2.05, 4.69) is 59.1 Å². The number of para-hydroxylation sites is 1. The summed E-state index contributed by atoms with van der Waals surface area (Å²) in [6.07, 6.45) is 0. The first-order chi connectivity index (χ1) is 12.9. The Labute approximate surface area is 159 Å². The molecule has 6 nitrogen and oxygen atoms in total. The molecule has 3 N–H and O–H groups in total. The van der Waals surface area contributed by atoms with Gasteiger partial charge < -0.3 is 10.6 Å². The number of hydrogen-bond acceptors (Lipinski definition) is 4. The van der Waals surface area contributed by atoms with E-state index >= 15 is 0 Å². The highest BCUT2D eigenvalue weighted by Crippen LogP contribution is 2.24. The van der Waals surface area contributed by atoms with E-state index in [-0.39, 0.29) is 11.4 Å². The maximum atomic E-state index is 12.0. The molecule has 2 aromatic carbocycles. The summed E-state index contributed by atoms with van der Waals surface area (Å²) < 4.78 is 0. The molecule has 0 spiro atoms. The second kappa shape index (κ2) is 7.86. The maximum Gasteiger partial charge on any atom is 0.324 e. The highest BCUT2D eigenvalue weighted by molar-refractivity contribution is 5.99. The predicted molar refractivity (Wildman–Crippen MR) is 110 cm³/mol. The van der Waals surface area contributed by atoms with Gasteiger partial charge in [0.1, 0.15) is 0 Å². The number of hydrogen-bond donors (Lipinski definition) is 3. The molecule has 3 rings (SSSR count). The van der Waals surface area contributed by atoms with Crippen LogP contribution in [0.25, 0.3) is 0 Å². The highest BCUT2D eigenvalue weighted by Gasteiger charge is 2.12. The van der Waals surface area contributed by atoms with E-state index in [1.807, 2.05) is 42.5 Å². The molecule has 27 heavy (non-hydrogen) atoms. The molecule has 2 amide bonds. The number of amides is 2. The van der Waals surface area contributed by atoms with Crippen molar-refractivity contribution < 1.29 is 4.79 Å². The molecule has 0 radical (unpaired) electrons. The molecular formula is C21H23N5O. The van der Waals surface area contributed by atoms with Crippen molar-refractivity contribution in [2.24, 2.45) is 0 Å². The zero-order valence-corrected chi connectivity index (χ0v) is 15.7. The molecule has 0 atom stereocenters. The summed E-state index contributed by atoms with van der Waals surface area (Å²) >= 11 is 0. The molecule has 3 aromatic rings. The van der Waals surface area contributed by atoms with Crippen molar-refractivity contribution in [3.8, 4) is 0 Å². The van der Waals surface area contributed by atoms with Gasteiger partial charge >= 0.3 is 6.03 Å². The van der Waals surface area contributed by atoms with Crippen molar-refractivity contribution in [1.29, 1.82) is 0 Å². The van der Waals surface area contributed by atoms with Crippen LogP contribution in [-0.2, 0) is 5.41 Å². The van der Waals surface area contributed by atoms with Gasteiger partial charge in [0.25, 0.3) is 0 Å². The molecule has 1 heterocycles. The van der Waals surface area contributed by atoms with Crippen molar-refractivity contribution in [3.05, 3.63) is 72.3 Å². The summed E-state index contributed by atoms with van der Waals surface area (Å²) in [6.45, 7) is 6.54. The van der Waals surface area contributed by atoms with Crippen LogP contribution in [0.3, 0.4) is 0 Å². The van der Waals surface area contributed by atoms with Gasteiger partial charge in [-0.3, -0.25) is 5.32 Å². The molecule has 0 aliphatic rings. The predicted octanol–water partition coefficient (Wildman–Crippen LogP) is 5.16. The van der Waals surface area contributed by atoms with Crippen LogP contribution in [0.4, 0.5) is 27.8 Å². The van der Waals surface area contributed by atoms with Gasteiger partial charge in [0.05, 0.1) is 0 Å². The molecule has 0 unspecified atom stereocenters. The van der Waals surface area contributed by atoms with Crippen molar-refractivity contribution in [3.63, 3.8) is 0 Å². The first kappa shape index (κ1) is 18.4. The number of aromatic nitrogens is 2. The van der Waals surface area contributed by atoms with Crippen LogP contribution in [0.15, 0.2) is 66.7 Å². The van der Waals surface area contributed by atoms with Gasteiger partial charge in [0.2, 0.25) is 0 Å². The fourth-order valence-electron chi connectivity index (χ4n) is 2.47. The number of anilines is 4. The molecule has 0 saturated heterocycles. The van der Waals surface area contributed by atoms with Crippen LogP contribution >= 0.6 is 0 Å². The summed E-state index contributed by atoms with van der Waals surface area (Å²) in [4.78, 5) is 12.0. The van der Waals surface area contributed by atoms with Gasteiger partial charge in [-0.25, -0.2) is 4.79 Å². The van der Waals surface area contributed by atoms with Crippen molar-refractivity contribution >= 4 is 29.0 Å². The number of benzene rings is 2. The minimum atomic E-state index is -0.367. The van der Waals surface area contributed by atoms with Crippen LogP contribution in [0, 0.1) is 0 Å². The summed E-state index contributed by atoms with van der Waals surface area (Å²) in [5.74, 6) is 0.976. The smallest absolute Gasteiger partial charge is 0.324 e. The van der Waals surface area contributed by atoms with E-state index in [9.17, 15) is 4.79 Å². The van der Waals surface area contributed by atoms with Crippen molar-refractivity contribution in [2.45, 2.75) is 26.2 Å². The quantitative estimate of drug-likeness (QED) is 0.599. The zero-order chi connectivity index (χ0) is 19.3. The van der Waals surface area contributed by atoms with Crippen LogP contribution in [0.2, 0.25) is 0 Å². The number of carbonyl (C=O) groups excluding carboxylic acids is 1. The lowest BCUT2D eigenvalue weighted by molar-refractivity contribution is 0.262. The molecule has 138 valence electrons. The topological polar surface area (TPSA) is 78.9 Å². The highest BCUT2D eigenvalue weighted by atomic mass is 16.2. The molecule has 6 heteroatoms. The number of nitrogens with one attached hydrogen (secondary N) is 3. The first-order valence-corrected chi connectivity index (χ1v) is 8.74. The summed E-state index contributed by atoms with van der Waals surface area (Å²) in [7, 11) is 0. The normalized spacial score (nSPS) is 10.9. The number of urea groups is 1. The minimum absolute atomic E-state index is 0.117. The van der Waals surface area contributed by atoms with E-state index in [0.29, 0.717) is 17.3 Å². The average Bonchev–Trinajstić information content (AvgIpc) is 2.64. The molecule has 0 fully saturated rings. The third-order valence-corrected chi connectivity index (χ3v) is 3.96. The lowest BCUT2D eigenvalue weighted by atomic mass is 9.87. The van der Waals surface area contributed by atoms with Crippen LogP contribution in [-0.4, -0.2) is 16.2 Å². The van der Waals surface area contributed by atoms with Crippen LogP contribution in [0.1, 0.15) is 26.3 Å². The lowest BCUT2D eigenvalue weighted by Crippen LogP contribution is -2.20. The fraction of sp³-hybridized carbons (Fsp3) is 0.190. The Balaban J connectivity index is 1.58. The average molecular weight is 361 g/mol. The molecule has 0 aliphatic carbocycles.